The zero-order chi connectivity index (χ0) is 11.3. The number of nitrogens with one attached hydrogen (secondary N) is 2. The molecular formula is C8H10N4O3. The second kappa shape index (κ2) is 4.80. The number of ether oxygens (including phenoxy) is 1. The number of nitrogens with two attached hydrogens (primary N) is 1. The van der Waals surface area contributed by atoms with E-state index in [2.05, 4.69) is 10.4 Å². The lowest BCUT2D eigenvalue weighted by Gasteiger charge is -2.07. The van der Waals surface area contributed by atoms with Gasteiger partial charge >= 0.3 is 6.03 Å². The van der Waals surface area contributed by atoms with Gasteiger partial charge in [-0.2, -0.15) is 0 Å². The van der Waals surface area contributed by atoms with E-state index in [9.17, 15) is 9.59 Å². The van der Waals surface area contributed by atoms with Gasteiger partial charge in [-0.05, 0) is 12.1 Å². The van der Waals surface area contributed by atoms with Gasteiger partial charge in [-0.15, -0.1) is 0 Å². The summed E-state index contributed by atoms with van der Waals surface area (Å²) in [6.07, 6.45) is 1.48. The predicted octanol–water partition coefficient (Wildman–Crippen LogP) is -0.597. The Labute approximate surface area is 85.6 Å². The Morgan fingerprint density at radius 3 is 2.80 bits per heavy atom. The lowest BCUT2D eigenvalue weighted by molar-refractivity contribution is 0.0933. The van der Waals surface area contributed by atoms with Crippen molar-refractivity contribution in [3.8, 4) is 5.88 Å². The molecule has 0 saturated heterocycles. The Morgan fingerprint density at radius 1 is 1.47 bits per heavy atom. The van der Waals surface area contributed by atoms with E-state index in [4.69, 9.17) is 10.5 Å². The van der Waals surface area contributed by atoms with Gasteiger partial charge in [0.05, 0.1) is 7.11 Å². The van der Waals surface area contributed by atoms with Gasteiger partial charge in [-0.3, -0.25) is 10.2 Å². The summed E-state index contributed by atoms with van der Waals surface area (Å²) in [5.74, 6) is -0.389. The predicted molar refractivity (Wildman–Crippen MR) is 51.0 cm³/mol. The Hall–Kier alpha value is -2.31. The van der Waals surface area contributed by atoms with Crippen LogP contribution in [0.2, 0.25) is 0 Å². The van der Waals surface area contributed by atoms with Crippen molar-refractivity contribution in [3.05, 3.63) is 23.9 Å². The molecule has 3 amide bonds. The van der Waals surface area contributed by atoms with Gasteiger partial charge in [0.1, 0.15) is 5.56 Å². The Kier molecular flexibility index (Phi) is 3.44. The smallest absolute Gasteiger partial charge is 0.330 e. The number of pyridine rings is 1. The molecule has 7 heteroatoms. The minimum atomic E-state index is -0.855. The van der Waals surface area contributed by atoms with Gasteiger partial charge in [-0.25, -0.2) is 15.2 Å². The first-order valence-electron chi connectivity index (χ1n) is 4.00. The van der Waals surface area contributed by atoms with E-state index in [0.717, 1.165) is 0 Å². The largest absolute Gasteiger partial charge is 0.480 e. The maximum Gasteiger partial charge on any atom is 0.330 e. The van der Waals surface area contributed by atoms with Crippen LogP contribution in [0.4, 0.5) is 4.79 Å². The highest BCUT2D eigenvalue weighted by Crippen LogP contribution is 2.12. The van der Waals surface area contributed by atoms with E-state index in [1.165, 1.54) is 19.4 Å². The summed E-state index contributed by atoms with van der Waals surface area (Å²) in [5.41, 5.74) is 9.02. The van der Waals surface area contributed by atoms with Crippen molar-refractivity contribution < 1.29 is 14.3 Å². The summed E-state index contributed by atoms with van der Waals surface area (Å²) < 4.78 is 4.86. The number of amides is 3. The van der Waals surface area contributed by atoms with Gasteiger partial charge < -0.3 is 10.5 Å². The number of hydrogen-bond donors (Lipinski definition) is 3. The summed E-state index contributed by atoms with van der Waals surface area (Å²) in [4.78, 5) is 25.6. The Bertz CT molecular complexity index is 380. The normalized spacial score (nSPS) is 9.13. The van der Waals surface area contributed by atoms with Crippen LogP contribution in [0.5, 0.6) is 5.88 Å². The van der Waals surface area contributed by atoms with Crippen LogP contribution in [0.25, 0.3) is 0 Å². The molecule has 1 aromatic rings. The highest BCUT2D eigenvalue weighted by molar-refractivity contribution is 5.97. The highest BCUT2D eigenvalue weighted by atomic mass is 16.5. The van der Waals surface area contributed by atoms with Crippen molar-refractivity contribution in [1.82, 2.24) is 15.8 Å². The fraction of sp³-hybridized carbons (Fsp3) is 0.125. The van der Waals surface area contributed by atoms with Crippen molar-refractivity contribution in [2.45, 2.75) is 0 Å². The fourth-order valence-electron chi connectivity index (χ4n) is 0.912. The second-order valence-corrected chi connectivity index (χ2v) is 2.50. The molecule has 0 unspecified atom stereocenters. The molecule has 0 radical (unpaired) electrons. The molecule has 1 rings (SSSR count). The first kappa shape index (κ1) is 10.8. The molecule has 0 atom stereocenters. The lowest BCUT2D eigenvalue weighted by atomic mass is 10.2. The van der Waals surface area contributed by atoms with E-state index >= 15 is 0 Å². The molecular weight excluding hydrogens is 200 g/mol. The summed E-state index contributed by atoms with van der Waals surface area (Å²) in [5, 5.41) is 0. The first-order valence-corrected chi connectivity index (χ1v) is 4.00. The van der Waals surface area contributed by atoms with Crippen molar-refractivity contribution >= 4 is 11.9 Å². The molecule has 80 valence electrons. The third-order valence-corrected chi connectivity index (χ3v) is 1.51. The fourth-order valence-corrected chi connectivity index (χ4v) is 0.912. The third kappa shape index (κ3) is 2.83. The average molecular weight is 210 g/mol. The van der Waals surface area contributed by atoms with E-state index in [-0.39, 0.29) is 11.4 Å². The van der Waals surface area contributed by atoms with Crippen LogP contribution in [0.15, 0.2) is 18.3 Å². The van der Waals surface area contributed by atoms with Crippen molar-refractivity contribution in [2.75, 3.05) is 7.11 Å². The number of primary amides is 1. The maximum atomic E-state index is 11.4. The van der Waals surface area contributed by atoms with Crippen LogP contribution in [-0.4, -0.2) is 24.0 Å². The molecule has 1 heterocycles. The van der Waals surface area contributed by atoms with E-state index < -0.39 is 11.9 Å². The molecule has 15 heavy (non-hydrogen) atoms. The number of methoxy groups -OCH3 is 1. The number of hydrogen-bond acceptors (Lipinski definition) is 4. The van der Waals surface area contributed by atoms with Gasteiger partial charge in [-0.1, -0.05) is 0 Å². The van der Waals surface area contributed by atoms with Crippen molar-refractivity contribution in [3.63, 3.8) is 0 Å². The van der Waals surface area contributed by atoms with Crippen LogP contribution < -0.4 is 21.3 Å². The van der Waals surface area contributed by atoms with Crippen LogP contribution in [0, 0.1) is 0 Å². The SMILES string of the molecule is COc1ncccc1C(=O)NNC(N)=O. The number of nitrogens with zero attached hydrogens (tertiary/aromatic N) is 1. The lowest BCUT2D eigenvalue weighted by Crippen LogP contribution is -2.44. The van der Waals surface area contributed by atoms with Crippen LogP contribution in [0.1, 0.15) is 10.4 Å². The zero-order valence-electron chi connectivity index (χ0n) is 7.98. The number of urea groups is 1. The molecule has 0 spiro atoms. The molecule has 0 aliphatic heterocycles. The van der Waals surface area contributed by atoms with Crippen molar-refractivity contribution in [2.24, 2.45) is 5.73 Å². The summed E-state index contributed by atoms with van der Waals surface area (Å²) in [6, 6.07) is 2.22. The number of carbonyl (C=O) groups excluding carboxylic acids is 2. The molecule has 7 nitrogen and oxygen atoms in total. The van der Waals surface area contributed by atoms with E-state index in [1.54, 1.807) is 6.07 Å². The van der Waals surface area contributed by atoms with Crippen LogP contribution >= 0.6 is 0 Å². The number of aromatic nitrogens is 1. The molecule has 0 aliphatic rings. The van der Waals surface area contributed by atoms with Gasteiger partial charge in [0.2, 0.25) is 5.88 Å². The maximum absolute atomic E-state index is 11.4. The summed E-state index contributed by atoms with van der Waals surface area (Å²) in [6.45, 7) is 0. The van der Waals surface area contributed by atoms with Gasteiger partial charge in [0, 0.05) is 6.20 Å². The van der Waals surface area contributed by atoms with Gasteiger partial charge in [0.15, 0.2) is 0 Å². The number of hydrazine groups is 1. The van der Waals surface area contributed by atoms with Crippen molar-refractivity contribution in [1.29, 1.82) is 0 Å². The second-order valence-electron chi connectivity index (χ2n) is 2.50. The number of rotatable bonds is 2. The van der Waals surface area contributed by atoms with E-state index in [0.29, 0.717) is 0 Å². The quantitative estimate of drug-likeness (QED) is 0.567. The Balaban J connectivity index is 2.77. The summed E-state index contributed by atoms with van der Waals surface area (Å²) in [7, 11) is 1.39. The summed E-state index contributed by atoms with van der Waals surface area (Å²) >= 11 is 0. The molecule has 4 N–H and O–H groups in total. The zero-order valence-corrected chi connectivity index (χ0v) is 7.98. The highest BCUT2D eigenvalue weighted by Gasteiger charge is 2.12. The standard InChI is InChI=1S/C8H10N4O3/c1-15-7-5(3-2-4-10-7)6(13)11-12-8(9)14/h2-4H,1H3,(H,11,13)(H3,9,12,14). The first-order chi connectivity index (χ1) is 7.15. The average Bonchev–Trinajstić information content (AvgIpc) is 2.25. The Morgan fingerprint density at radius 2 is 2.20 bits per heavy atom. The molecule has 1 aromatic heterocycles. The molecule has 0 bridgehead atoms. The third-order valence-electron chi connectivity index (χ3n) is 1.51. The van der Waals surface area contributed by atoms with Crippen LogP contribution in [-0.2, 0) is 0 Å². The molecule has 0 fully saturated rings. The monoisotopic (exact) mass is 210 g/mol. The topological polar surface area (TPSA) is 106 Å². The number of carbonyl (C=O) groups is 2. The van der Waals surface area contributed by atoms with E-state index in [1.807, 2.05) is 5.43 Å². The molecule has 0 aliphatic carbocycles. The molecule has 0 saturated carbocycles. The minimum absolute atomic E-state index is 0.168. The molecule has 0 aromatic carbocycles. The van der Waals surface area contributed by atoms with Crippen LogP contribution in [0.3, 0.4) is 0 Å². The van der Waals surface area contributed by atoms with Gasteiger partial charge in [0.25, 0.3) is 5.91 Å². The minimum Gasteiger partial charge on any atom is -0.480 e.